The summed E-state index contributed by atoms with van der Waals surface area (Å²) in [5, 5.41) is 3.09. The van der Waals surface area contributed by atoms with Crippen molar-refractivity contribution in [3.63, 3.8) is 0 Å². The minimum absolute atomic E-state index is 0.169. The van der Waals surface area contributed by atoms with Crippen molar-refractivity contribution in [2.24, 2.45) is 0 Å². The molecule has 1 aliphatic rings. The Morgan fingerprint density at radius 2 is 2.06 bits per heavy atom. The van der Waals surface area contributed by atoms with Gasteiger partial charge in [0.25, 0.3) is 0 Å². The first-order valence-electron chi connectivity index (χ1n) is 7.22. The smallest absolute Gasteiger partial charge is 0.224 e. The normalized spacial score (nSPS) is 14.1. The summed E-state index contributed by atoms with van der Waals surface area (Å²) in [7, 11) is 0. The Hall–Kier alpha value is -1.31. The van der Waals surface area contributed by atoms with Gasteiger partial charge in [-0.2, -0.15) is 0 Å². The van der Waals surface area contributed by atoms with E-state index in [0.717, 1.165) is 37.8 Å². The fourth-order valence-corrected chi connectivity index (χ4v) is 2.65. The van der Waals surface area contributed by atoms with E-state index in [-0.39, 0.29) is 5.91 Å². The molecule has 0 aliphatic heterocycles. The molecule has 0 heterocycles. The fraction of sp³-hybridized carbons (Fsp3) is 0.562. The third-order valence-corrected chi connectivity index (χ3v) is 3.68. The van der Waals surface area contributed by atoms with Gasteiger partial charge in [0.05, 0.1) is 0 Å². The second kappa shape index (κ2) is 6.58. The summed E-state index contributed by atoms with van der Waals surface area (Å²) in [6, 6.07) is 6.30. The van der Waals surface area contributed by atoms with Gasteiger partial charge in [-0.05, 0) is 49.3 Å². The number of unbranched alkanes of at least 4 members (excludes halogenated alkanes) is 2. The maximum absolute atomic E-state index is 11.9. The van der Waals surface area contributed by atoms with Gasteiger partial charge >= 0.3 is 0 Å². The van der Waals surface area contributed by atoms with Crippen LogP contribution in [-0.4, -0.2) is 5.91 Å². The van der Waals surface area contributed by atoms with Crippen LogP contribution in [0.25, 0.3) is 0 Å². The zero-order valence-electron chi connectivity index (χ0n) is 11.3. The lowest BCUT2D eigenvalue weighted by molar-refractivity contribution is -0.116. The minimum Gasteiger partial charge on any atom is -0.326 e. The first-order valence-corrected chi connectivity index (χ1v) is 7.22. The molecule has 1 aromatic carbocycles. The van der Waals surface area contributed by atoms with E-state index in [1.807, 2.05) is 6.07 Å². The van der Waals surface area contributed by atoms with Crippen molar-refractivity contribution >= 4 is 11.6 Å². The molecule has 2 rings (SSSR count). The van der Waals surface area contributed by atoms with Gasteiger partial charge in [-0.1, -0.05) is 31.9 Å². The molecule has 18 heavy (non-hydrogen) atoms. The average molecular weight is 245 g/mol. The van der Waals surface area contributed by atoms with Crippen LogP contribution in [0.15, 0.2) is 18.2 Å². The predicted molar refractivity (Wildman–Crippen MR) is 75.9 cm³/mol. The monoisotopic (exact) mass is 245 g/mol. The van der Waals surface area contributed by atoms with E-state index in [1.54, 1.807) is 0 Å². The second-order valence-electron chi connectivity index (χ2n) is 5.16. The molecule has 0 unspecified atom stereocenters. The third-order valence-electron chi connectivity index (χ3n) is 3.68. The van der Waals surface area contributed by atoms with Crippen molar-refractivity contribution < 1.29 is 4.79 Å². The molecule has 0 spiro atoms. The lowest BCUT2D eigenvalue weighted by atomic mass is 9.90. The highest BCUT2D eigenvalue weighted by atomic mass is 16.1. The van der Waals surface area contributed by atoms with Gasteiger partial charge in [-0.15, -0.1) is 0 Å². The molecule has 0 saturated heterocycles. The number of amides is 1. The van der Waals surface area contributed by atoms with Crippen molar-refractivity contribution in [2.75, 3.05) is 5.32 Å². The molecule has 1 aromatic rings. The lowest BCUT2D eigenvalue weighted by Gasteiger charge is -2.19. The summed E-state index contributed by atoms with van der Waals surface area (Å²) >= 11 is 0. The number of aryl methyl sites for hydroxylation is 1. The van der Waals surface area contributed by atoms with Crippen molar-refractivity contribution in [2.45, 2.75) is 58.3 Å². The molecule has 0 aromatic heterocycles. The number of benzene rings is 1. The van der Waals surface area contributed by atoms with Crippen molar-refractivity contribution in [3.8, 4) is 0 Å². The molecule has 0 bridgehead atoms. The molecular weight excluding hydrogens is 222 g/mol. The van der Waals surface area contributed by atoms with Crippen LogP contribution in [0, 0.1) is 0 Å². The van der Waals surface area contributed by atoms with Crippen molar-refractivity contribution in [3.05, 3.63) is 29.3 Å². The van der Waals surface area contributed by atoms with E-state index in [4.69, 9.17) is 0 Å². The molecule has 0 fully saturated rings. The van der Waals surface area contributed by atoms with E-state index in [2.05, 4.69) is 24.4 Å². The highest BCUT2D eigenvalue weighted by molar-refractivity contribution is 5.91. The Morgan fingerprint density at radius 3 is 2.89 bits per heavy atom. The van der Waals surface area contributed by atoms with Crippen LogP contribution in [0.2, 0.25) is 0 Å². The fourth-order valence-electron chi connectivity index (χ4n) is 2.65. The first kappa shape index (κ1) is 13.1. The highest BCUT2D eigenvalue weighted by Gasteiger charge is 2.13. The Balaban J connectivity index is 1.98. The summed E-state index contributed by atoms with van der Waals surface area (Å²) in [5.41, 5.74) is 3.84. The maximum Gasteiger partial charge on any atom is 0.224 e. The average Bonchev–Trinajstić information content (AvgIpc) is 2.39. The number of fused-ring (bicyclic) bond motifs is 1. The summed E-state index contributed by atoms with van der Waals surface area (Å²) in [6.07, 6.45) is 8.75. The van der Waals surface area contributed by atoms with Crippen LogP contribution in [-0.2, 0) is 17.6 Å². The molecule has 1 amide bonds. The van der Waals surface area contributed by atoms with Crippen molar-refractivity contribution in [1.82, 2.24) is 0 Å². The summed E-state index contributed by atoms with van der Waals surface area (Å²) in [4.78, 5) is 11.9. The van der Waals surface area contributed by atoms with Crippen LogP contribution in [0.3, 0.4) is 0 Å². The van der Waals surface area contributed by atoms with Gasteiger partial charge in [0.2, 0.25) is 5.91 Å². The quantitative estimate of drug-likeness (QED) is 0.778. The van der Waals surface area contributed by atoms with Gasteiger partial charge in [0.1, 0.15) is 0 Å². The number of hydrogen-bond donors (Lipinski definition) is 1. The molecule has 0 radical (unpaired) electrons. The number of carbonyl (C=O) groups excluding carboxylic acids is 1. The van der Waals surface area contributed by atoms with E-state index < -0.39 is 0 Å². The van der Waals surface area contributed by atoms with Gasteiger partial charge in [0.15, 0.2) is 0 Å². The molecule has 0 saturated carbocycles. The molecule has 2 heteroatoms. The Labute approximate surface area is 110 Å². The largest absolute Gasteiger partial charge is 0.326 e. The summed E-state index contributed by atoms with van der Waals surface area (Å²) < 4.78 is 0. The maximum atomic E-state index is 11.9. The van der Waals surface area contributed by atoms with E-state index >= 15 is 0 Å². The zero-order chi connectivity index (χ0) is 12.8. The Morgan fingerprint density at radius 1 is 1.22 bits per heavy atom. The van der Waals surface area contributed by atoms with Gasteiger partial charge in [-0.25, -0.2) is 0 Å². The molecular formula is C16H23NO. The molecule has 2 nitrogen and oxygen atoms in total. The van der Waals surface area contributed by atoms with Gasteiger partial charge in [-0.3, -0.25) is 4.79 Å². The van der Waals surface area contributed by atoms with E-state index in [9.17, 15) is 4.79 Å². The zero-order valence-corrected chi connectivity index (χ0v) is 11.3. The number of rotatable bonds is 5. The van der Waals surface area contributed by atoms with E-state index in [0.29, 0.717) is 6.42 Å². The standard InChI is InChI=1S/C16H23NO/c1-2-3-4-12-16(18)17-15-11-7-9-13-8-5-6-10-14(13)15/h7,9,11H,2-6,8,10,12H2,1H3,(H,17,18). The van der Waals surface area contributed by atoms with E-state index in [1.165, 1.54) is 24.0 Å². The second-order valence-corrected chi connectivity index (χ2v) is 5.16. The van der Waals surface area contributed by atoms with Gasteiger partial charge in [0, 0.05) is 12.1 Å². The number of carbonyl (C=O) groups is 1. The van der Waals surface area contributed by atoms with Crippen LogP contribution in [0.5, 0.6) is 0 Å². The topological polar surface area (TPSA) is 29.1 Å². The van der Waals surface area contributed by atoms with Gasteiger partial charge < -0.3 is 5.32 Å². The van der Waals surface area contributed by atoms with Crippen LogP contribution in [0.4, 0.5) is 5.69 Å². The summed E-state index contributed by atoms with van der Waals surface area (Å²) in [5.74, 6) is 0.169. The number of nitrogens with one attached hydrogen (secondary N) is 1. The van der Waals surface area contributed by atoms with Crippen LogP contribution in [0.1, 0.15) is 56.6 Å². The molecule has 1 aliphatic carbocycles. The summed E-state index contributed by atoms with van der Waals surface area (Å²) in [6.45, 7) is 2.16. The molecule has 98 valence electrons. The number of hydrogen-bond acceptors (Lipinski definition) is 1. The SMILES string of the molecule is CCCCCC(=O)Nc1cccc2c1CCCC2. The Bertz CT molecular complexity index is 412. The Kier molecular flexibility index (Phi) is 4.80. The first-order chi connectivity index (χ1) is 8.81. The van der Waals surface area contributed by atoms with Crippen molar-refractivity contribution in [1.29, 1.82) is 0 Å². The number of anilines is 1. The molecule has 1 N–H and O–H groups in total. The minimum atomic E-state index is 0.169. The third kappa shape index (κ3) is 3.34. The van der Waals surface area contributed by atoms with Crippen LogP contribution < -0.4 is 5.32 Å². The lowest BCUT2D eigenvalue weighted by Crippen LogP contribution is -2.14. The molecule has 0 atom stereocenters. The predicted octanol–water partition coefficient (Wildman–Crippen LogP) is 4.08. The van der Waals surface area contributed by atoms with Crippen LogP contribution >= 0.6 is 0 Å². The highest BCUT2D eigenvalue weighted by Crippen LogP contribution is 2.27.